The lowest BCUT2D eigenvalue weighted by Crippen LogP contribution is -2.63. The van der Waals surface area contributed by atoms with Gasteiger partial charge in [-0.25, -0.2) is 0 Å². The second kappa shape index (κ2) is 8.70. The van der Waals surface area contributed by atoms with E-state index in [9.17, 15) is 30.3 Å². The van der Waals surface area contributed by atoms with Crippen LogP contribution in [0.4, 0.5) is 0 Å². The van der Waals surface area contributed by atoms with Crippen LogP contribution < -0.4 is 0 Å². The van der Waals surface area contributed by atoms with Crippen LogP contribution in [0.5, 0.6) is 0 Å². The van der Waals surface area contributed by atoms with E-state index in [4.69, 9.17) is 4.74 Å². The van der Waals surface area contributed by atoms with Gasteiger partial charge in [0.25, 0.3) is 0 Å². The van der Waals surface area contributed by atoms with Gasteiger partial charge in [-0.2, -0.15) is 0 Å². The van der Waals surface area contributed by atoms with E-state index in [1.165, 1.54) is 0 Å². The molecule has 14 atom stereocenters. The predicted octanol–water partition coefficient (Wildman–Crippen LogP) is 2.67. The summed E-state index contributed by atoms with van der Waals surface area (Å²) in [5.74, 6) is -0.495. The Kier molecular flexibility index (Phi) is 6.21. The first-order chi connectivity index (χ1) is 17.8. The van der Waals surface area contributed by atoms with Gasteiger partial charge in [-0.05, 0) is 99.0 Å². The van der Waals surface area contributed by atoms with E-state index in [-0.39, 0.29) is 34.9 Å². The van der Waals surface area contributed by atoms with Crippen molar-refractivity contribution >= 4 is 5.78 Å². The van der Waals surface area contributed by atoms with Crippen LogP contribution in [-0.4, -0.2) is 73.0 Å². The largest absolute Gasteiger partial charge is 0.393 e. The van der Waals surface area contributed by atoms with Crippen LogP contribution in [0, 0.1) is 40.4 Å². The second-order valence-electron chi connectivity index (χ2n) is 14.4. The molecule has 1 aliphatic heterocycles. The lowest BCUT2D eigenvalue weighted by atomic mass is 9.46. The van der Waals surface area contributed by atoms with Gasteiger partial charge in [0.1, 0.15) is 6.10 Å². The molecule has 0 spiro atoms. The zero-order valence-corrected chi connectivity index (χ0v) is 23.2. The maximum absolute atomic E-state index is 13.4. The smallest absolute Gasteiger partial charge is 0.159 e. The quantitative estimate of drug-likeness (QED) is 0.355. The van der Waals surface area contributed by atoms with Crippen LogP contribution in [-0.2, 0) is 9.53 Å². The van der Waals surface area contributed by atoms with Gasteiger partial charge in [-0.3, -0.25) is 4.79 Å². The molecule has 0 amide bonds. The van der Waals surface area contributed by atoms with Crippen LogP contribution >= 0.6 is 0 Å². The number of hydrogen-bond donors (Lipinski definition) is 5. The van der Waals surface area contributed by atoms with E-state index >= 15 is 0 Å². The van der Waals surface area contributed by atoms with Crippen LogP contribution in [0.2, 0.25) is 0 Å². The third-order valence-corrected chi connectivity index (χ3v) is 12.7. The van der Waals surface area contributed by atoms with E-state index in [0.29, 0.717) is 32.1 Å². The summed E-state index contributed by atoms with van der Waals surface area (Å²) >= 11 is 0. The summed E-state index contributed by atoms with van der Waals surface area (Å²) in [5.41, 5.74) is -2.95. The molecule has 0 aromatic rings. The molecule has 7 heteroatoms. The van der Waals surface area contributed by atoms with E-state index in [0.717, 1.165) is 24.8 Å². The molecule has 3 saturated carbocycles. The second-order valence-corrected chi connectivity index (χ2v) is 14.4. The van der Waals surface area contributed by atoms with Crippen LogP contribution in [0.15, 0.2) is 23.8 Å². The molecule has 0 bridgehead atoms. The van der Waals surface area contributed by atoms with Crippen molar-refractivity contribution in [2.75, 3.05) is 0 Å². The zero-order valence-electron chi connectivity index (χ0n) is 23.2. The van der Waals surface area contributed by atoms with Gasteiger partial charge in [-0.15, -0.1) is 0 Å². The highest BCUT2D eigenvalue weighted by Crippen LogP contribution is 2.68. The summed E-state index contributed by atoms with van der Waals surface area (Å²) in [6, 6.07) is 0. The molecule has 38 heavy (non-hydrogen) atoms. The summed E-state index contributed by atoms with van der Waals surface area (Å²) in [6.45, 7) is 7.89. The summed E-state index contributed by atoms with van der Waals surface area (Å²) < 4.78 is 6.22. The fourth-order valence-electron chi connectivity index (χ4n) is 10.3. The molecule has 0 aromatic heterocycles. The minimum Gasteiger partial charge on any atom is -0.393 e. The van der Waals surface area contributed by atoms with Crippen LogP contribution in [0.1, 0.15) is 79.1 Å². The number of allylic oxidation sites excluding steroid dienone is 2. The first kappa shape index (κ1) is 27.1. The molecule has 1 heterocycles. The van der Waals surface area contributed by atoms with Crippen molar-refractivity contribution < 1.29 is 35.1 Å². The fourth-order valence-corrected chi connectivity index (χ4v) is 10.3. The molecule has 7 nitrogen and oxygen atoms in total. The highest BCUT2D eigenvalue weighted by molar-refractivity contribution is 5.95. The Balaban J connectivity index is 1.30. The monoisotopic (exact) mass is 530 g/mol. The minimum absolute atomic E-state index is 0.00775. The normalized spacial score (nSPS) is 54.3. The average molecular weight is 531 g/mol. The highest BCUT2D eigenvalue weighted by Gasteiger charge is 2.69. The van der Waals surface area contributed by atoms with Gasteiger partial charge in [-0.1, -0.05) is 32.9 Å². The number of ether oxygens (including phenoxy) is 1. The number of hydrogen-bond acceptors (Lipinski definition) is 7. The maximum Gasteiger partial charge on any atom is 0.159 e. The van der Waals surface area contributed by atoms with E-state index < -0.39 is 53.1 Å². The number of aliphatic hydroxyl groups is 5. The summed E-state index contributed by atoms with van der Waals surface area (Å²) in [5, 5.41) is 56.9. The summed E-state index contributed by atoms with van der Waals surface area (Å²) in [4.78, 5) is 13.4. The van der Waals surface area contributed by atoms with Crippen LogP contribution in [0.3, 0.4) is 0 Å². The van der Waals surface area contributed by atoms with E-state index in [2.05, 4.69) is 6.92 Å². The van der Waals surface area contributed by atoms with Crippen molar-refractivity contribution in [1.29, 1.82) is 0 Å². The van der Waals surface area contributed by atoms with Crippen molar-refractivity contribution in [3.63, 3.8) is 0 Å². The molecule has 6 rings (SSSR count). The van der Waals surface area contributed by atoms with Gasteiger partial charge in [0.05, 0.1) is 35.6 Å². The Morgan fingerprint density at radius 1 is 1.11 bits per heavy atom. The van der Waals surface area contributed by atoms with Crippen molar-refractivity contribution in [3.05, 3.63) is 23.8 Å². The van der Waals surface area contributed by atoms with Crippen molar-refractivity contribution in [2.45, 2.75) is 121 Å². The Morgan fingerprint density at radius 3 is 2.55 bits per heavy atom. The number of rotatable bonds is 3. The number of ketones is 1. The Morgan fingerprint density at radius 2 is 1.84 bits per heavy atom. The molecule has 6 aliphatic rings. The lowest BCUT2D eigenvalue weighted by Gasteiger charge is -2.60. The molecule has 5 N–H and O–H groups in total. The molecule has 4 fully saturated rings. The number of aliphatic hydroxyl groups excluding tert-OH is 3. The van der Waals surface area contributed by atoms with Crippen molar-refractivity contribution in [2.24, 2.45) is 40.4 Å². The van der Waals surface area contributed by atoms with E-state index in [1.54, 1.807) is 19.1 Å². The summed E-state index contributed by atoms with van der Waals surface area (Å²) in [7, 11) is 0. The first-order valence-electron chi connectivity index (χ1n) is 14.8. The Labute approximate surface area is 226 Å². The number of carbonyl (C=O) groups excluding carboxylic acids is 1. The van der Waals surface area contributed by atoms with Gasteiger partial charge in [0, 0.05) is 11.3 Å². The third-order valence-electron chi connectivity index (χ3n) is 12.7. The fraction of sp³-hybridized carbons (Fsp3) is 0.839. The molecule has 0 aromatic carbocycles. The number of carbonyl (C=O) groups is 1. The SMILES string of the molecule is C[C@@H]1[C@H]2CC=C[C@@H](O)[C@H]2O[C@@H]1[C@@H](O)[C@@](C)(O)[C@H]1CC[C@@]2(O)C3=CC(=O)[C@@H]4C[C@@H](O)CC[C@]4(C)[C@H]3CC[C@]12C. The molecular weight excluding hydrogens is 484 g/mol. The zero-order chi connectivity index (χ0) is 27.4. The van der Waals surface area contributed by atoms with Gasteiger partial charge < -0.3 is 30.3 Å². The van der Waals surface area contributed by atoms with Crippen molar-refractivity contribution in [3.8, 4) is 0 Å². The standard InChI is InChI=1S/C31H46O7/c1-16-18-6-5-7-22(33)26(18)38-25(16)27(35)30(4,36)24-10-13-31(37)20-15-23(34)21-14-17(32)8-11-28(21,2)19(20)9-12-29(24,31)3/h5,7,15-19,21-22,24-27,32-33,35-37H,6,8-14H2,1-4H3/t16-,17+,18-,19+,21+,22-,24+,25+,26+,27-,28-,29-,30+,31-/m1/s1. The van der Waals surface area contributed by atoms with Gasteiger partial charge in [0.2, 0.25) is 0 Å². The lowest BCUT2D eigenvalue weighted by molar-refractivity contribution is -0.199. The molecule has 212 valence electrons. The topological polar surface area (TPSA) is 127 Å². The maximum atomic E-state index is 13.4. The predicted molar refractivity (Wildman–Crippen MR) is 141 cm³/mol. The van der Waals surface area contributed by atoms with E-state index in [1.807, 2.05) is 19.9 Å². The number of fused-ring (bicyclic) bond motifs is 6. The molecule has 5 aliphatic carbocycles. The highest BCUT2D eigenvalue weighted by atomic mass is 16.5. The molecular formula is C31H46O7. The molecule has 0 radical (unpaired) electrons. The Hall–Kier alpha value is -1.09. The van der Waals surface area contributed by atoms with Crippen molar-refractivity contribution in [1.82, 2.24) is 0 Å². The average Bonchev–Trinajstić information content (AvgIpc) is 3.35. The van der Waals surface area contributed by atoms with Gasteiger partial charge >= 0.3 is 0 Å². The Bertz CT molecular complexity index is 1050. The summed E-state index contributed by atoms with van der Waals surface area (Å²) in [6.07, 6.45) is 7.20. The molecule has 1 saturated heterocycles. The molecule has 0 unspecified atom stereocenters. The third kappa shape index (κ3) is 3.45. The minimum atomic E-state index is -1.53. The first-order valence-corrected chi connectivity index (χ1v) is 14.8. The van der Waals surface area contributed by atoms with Crippen LogP contribution in [0.25, 0.3) is 0 Å². The van der Waals surface area contributed by atoms with Gasteiger partial charge in [0.15, 0.2) is 5.78 Å².